The van der Waals surface area contributed by atoms with Crippen LogP contribution in [0.1, 0.15) is 94.3 Å². The molecule has 13 nitrogen and oxygen atoms in total. The summed E-state index contributed by atoms with van der Waals surface area (Å²) < 4.78 is 75.4. The molecule has 294 valence electrons. The molecule has 3 aliphatic rings. The van der Waals surface area contributed by atoms with Crippen LogP contribution < -0.4 is 5.73 Å². The second kappa shape index (κ2) is 14.3. The topological polar surface area (TPSA) is 170 Å². The smallest absolute Gasteiger partial charge is 0.395 e. The van der Waals surface area contributed by atoms with Crippen LogP contribution in [0.4, 0.5) is 22.0 Å². The van der Waals surface area contributed by atoms with Gasteiger partial charge in [0.25, 0.3) is 12.3 Å². The molecular weight excluding hydrogens is 763 g/mol. The van der Waals surface area contributed by atoms with Crippen LogP contribution in [-0.2, 0) is 19.9 Å². The number of hydrogen-bond acceptors (Lipinski definition) is 10. The third-order valence-electron chi connectivity index (χ3n) is 10.5. The number of hydrogen-bond donors (Lipinski definition) is 1. The molecule has 2 atom stereocenters. The van der Waals surface area contributed by atoms with E-state index in [1.807, 2.05) is 0 Å². The zero-order chi connectivity index (χ0) is 40.2. The largest absolute Gasteiger partial charge is 0.463 e. The number of ether oxygens (including phenoxy) is 1. The molecule has 7 rings (SSSR count). The quantitative estimate of drug-likeness (QED) is 0.103. The zero-order valence-corrected chi connectivity index (χ0v) is 30.9. The van der Waals surface area contributed by atoms with Crippen LogP contribution in [0.2, 0.25) is 5.02 Å². The second-order valence-electron chi connectivity index (χ2n) is 15.2. The average molecular weight is 799 g/mol. The fourth-order valence-corrected chi connectivity index (χ4v) is 7.29. The molecule has 0 bridgehead atoms. The Hall–Kier alpha value is -5.44. The van der Waals surface area contributed by atoms with Crippen molar-refractivity contribution in [3.8, 4) is 23.0 Å². The third-order valence-corrected chi connectivity index (χ3v) is 10.8. The number of nitrogens with zero attached hydrogens (tertiary/aromatic N) is 9. The molecule has 2 fully saturated rings. The number of guanidine groups is 1. The summed E-state index contributed by atoms with van der Waals surface area (Å²) in [6.45, 7) is 2.89. The van der Waals surface area contributed by atoms with Gasteiger partial charge in [-0.2, -0.15) is 38.5 Å². The molecule has 1 amide bonds. The Bertz CT molecular complexity index is 2220. The lowest BCUT2D eigenvalue weighted by molar-refractivity contribution is -0.195. The number of esters is 1. The number of carbonyl (C=O) groups is 2. The maximum atomic E-state index is 15.1. The van der Waals surface area contributed by atoms with Crippen LogP contribution in [0.3, 0.4) is 0 Å². The van der Waals surface area contributed by atoms with Gasteiger partial charge in [-0.05, 0) is 60.8 Å². The van der Waals surface area contributed by atoms with Crippen LogP contribution in [0, 0.1) is 22.2 Å². The lowest BCUT2D eigenvalue weighted by atomic mass is 9.73. The summed E-state index contributed by atoms with van der Waals surface area (Å²) >= 11 is 6.45. The first-order chi connectivity index (χ1) is 26.5. The van der Waals surface area contributed by atoms with Crippen LogP contribution in [0.25, 0.3) is 16.9 Å². The first-order valence-electron chi connectivity index (χ1n) is 17.8. The maximum absolute atomic E-state index is 15.1. The molecule has 2 N–H and O–H groups in total. The summed E-state index contributed by atoms with van der Waals surface area (Å²) in [6.07, 6.45) is -4.51. The molecule has 56 heavy (non-hydrogen) atoms. The van der Waals surface area contributed by atoms with Gasteiger partial charge in [0.1, 0.15) is 18.6 Å². The van der Waals surface area contributed by atoms with Gasteiger partial charge in [-0.1, -0.05) is 55.8 Å². The van der Waals surface area contributed by atoms with Crippen molar-refractivity contribution in [2.24, 2.45) is 21.6 Å². The van der Waals surface area contributed by atoms with E-state index in [2.05, 4.69) is 26.3 Å². The Morgan fingerprint density at radius 3 is 2.46 bits per heavy atom. The summed E-state index contributed by atoms with van der Waals surface area (Å²) in [5.74, 6) is -2.90. The molecule has 2 aliphatic carbocycles. The molecule has 0 saturated heterocycles. The lowest BCUT2D eigenvalue weighted by Crippen LogP contribution is -2.47. The highest BCUT2D eigenvalue weighted by Gasteiger charge is 2.64. The zero-order valence-electron chi connectivity index (χ0n) is 30.2. The maximum Gasteiger partial charge on any atom is 0.395 e. The Balaban J connectivity index is 1.28. The van der Waals surface area contributed by atoms with E-state index in [-0.39, 0.29) is 54.0 Å². The number of alkyl halides is 5. The summed E-state index contributed by atoms with van der Waals surface area (Å²) in [7, 11) is 0. The monoisotopic (exact) mass is 798 g/mol. The minimum atomic E-state index is -4.63. The van der Waals surface area contributed by atoms with E-state index in [1.54, 1.807) is 49.1 Å². The number of benzene rings is 2. The van der Waals surface area contributed by atoms with E-state index in [1.165, 1.54) is 18.2 Å². The van der Waals surface area contributed by atoms with Gasteiger partial charge in [0.05, 0.1) is 46.9 Å². The van der Waals surface area contributed by atoms with Gasteiger partial charge in [0.2, 0.25) is 0 Å². The van der Waals surface area contributed by atoms with Crippen molar-refractivity contribution in [2.45, 2.75) is 89.0 Å². The number of nitriles is 1. The summed E-state index contributed by atoms with van der Waals surface area (Å²) in [5, 5.41) is 22.5. The number of rotatable bonds is 14. The number of aliphatic imine (C=N–C) groups is 1. The van der Waals surface area contributed by atoms with Crippen LogP contribution in [0.5, 0.6) is 0 Å². The molecule has 0 radical (unpaired) electrons. The molecule has 2 aromatic carbocycles. The van der Waals surface area contributed by atoms with E-state index in [0.717, 1.165) is 28.8 Å². The van der Waals surface area contributed by atoms with Gasteiger partial charge in [0, 0.05) is 12.0 Å². The Morgan fingerprint density at radius 2 is 1.84 bits per heavy atom. The van der Waals surface area contributed by atoms with Crippen LogP contribution in [-0.4, -0.2) is 65.3 Å². The number of nitrogens with two attached hydrogens (primary N) is 1. The molecule has 0 unspecified atom stereocenters. The van der Waals surface area contributed by atoms with Crippen molar-refractivity contribution < 1.29 is 36.3 Å². The fourth-order valence-electron chi connectivity index (χ4n) is 7.10. The average Bonchev–Trinajstić information content (AvgIpc) is 4.01. The van der Waals surface area contributed by atoms with Gasteiger partial charge in [-0.15, -0.1) is 0 Å². The summed E-state index contributed by atoms with van der Waals surface area (Å²) in [4.78, 5) is 39.2. The summed E-state index contributed by atoms with van der Waals surface area (Å²) in [6, 6.07) is 12.1. The van der Waals surface area contributed by atoms with Crippen molar-refractivity contribution in [3.05, 3.63) is 77.0 Å². The molecule has 4 aromatic rings. The number of carbonyl (C=O) groups excluding carboxylic acids is 2. The Kier molecular flexibility index (Phi) is 9.88. The molecule has 0 spiro atoms. The second-order valence-corrected chi connectivity index (χ2v) is 15.6. The van der Waals surface area contributed by atoms with Crippen molar-refractivity contribution in [2.75, 3.05) is 6.61 Å². The SMILES string of the molecule is CC(C)(CC#N)C[C@]1(c2ccc(-c3cnn(C4CC4)n3)cc2)N=C(N)N([C@H](COC(=O)CC2(C(F)(F)F)CC2)c2ccc(Cl)c(-n3ncnc3C(F)F)c2)C1=O. The van der Waals surface area contributed by atoms with E-state index in [9.17, 15) is 32.0 Å². The van der Waals surface area contributed by atoms with E-state index < -0.39 is 65.7 Å². The van der Waals surface area contributed by atoms with Crippen molar-refractivity contribution >= 4 is 29.4 Å². The van der Waals surface area contributed by atoms with E-state index in [0.29, 0.717) is 16.8 Å². The van der Waals surface area contributed by atoms with Crippen molar-refractivity contribution in [1.29, 1.82) is 5.26 Å². The molecule has 2 saturated carbocycles. The lowest BCUT2D eigenvalue weighted by Gasteiger charge is -2.35. The number of halogens is 6. The number of amides is 1. The third kappa shape index (κ3) is 7.31. The first-order valence-corrected chi connectivity index (χ1v) is 18.1. The van der Waals surface area contributed by atoms with Crippen molar-refractivity contribution in [1.82, 2.24) is 34.7 Å². The van der Waals surface area contributed by atoms with E-state index >= 15 is 4.79 Å². The molecule has 2 aromatic heterocycles. The molecular formula is C37H36ClF5N10O3. The standard InChI is InChI=1S/C37H36ClF5N10O3/c1-34(2,13-14-44)19-36(23-6-3-21(4-7-23)26-17-47-53(50-26)24-8-9-24)32(55)51(33(45)49-36)28(18-56-29(54)16-35(11-12-35)37(41,42)43)22-5-10-25(38)27(15-22)52-31(30(39)40)46-20-48-52/h3-7,10,15,17,20,24,28,30H,8-9,11-13,16,18-19H2,1-2H3,(H2,45,49)/t28-,36-/m1/s1. The predicted octanol–water partition coefficient (Wildman–Crippen LogP) is 7.15. The minimum Gasteiger partial charge on any atom is -0.463 e. The molecule has 3 heterocycles. The minimum absolute atomic E-state index is 0.00993. The first kappa shape index (κ1) is 38.8. The van der Waals surface area contributed by atoms with Gasteiger partial charge < -0.3 is 10.5 Å². The normalized spacial score (nSPS) is 19.9. The van der Waals surface area contributed by atoms with Crippen molar-refractivity contribution in [3.63, 3.8) is 0 Å². The molecule has 1 aliphatic heterocycles. The highest BCUT2D eigenvalue weighted by Crippen LogP contribution is 2.60. The highest BCUT2D eigenvalue weighted by atomic mass is 35.5. The van der Waals surface area contributed by atoms with Gasteiger partial charge in [-0.25, -0.2) is 23.4 Å². The Morgan fingerprint density at radius 1 is 1.12 bits per heavy atom. The van der Waals surface area contributed by atoms with Crippen LogP contribution in [0.15, 0.2) is 60.0 Å². The summed E-state index contributed by atoms with van der Waals surface area (Å²) in [5.41, 5.74) is 3.69. The van der Waals surface area contributed by atoms with Gasteiger partial charge in [-0.3, -0.25) is 14.5 Å². The Labute approximate surface area is 322 Å². The van der Waals surface area contributed by atoms with E-state index in [4.69, 9.17) is 27.1 Å². The van der Waals surface area contributed by atoms with Gasteiger partial charge in [0.15, 0.2) is 17.3 Å². The number of aromatic nitrogens is 6. The van der Waals surface area contributed by atoms with Gasteiger partial charge >= 0.3 is 12.1 Å². The molecule has 19 heteroatoms. The highest BCUT2D eigenvalue weighted by molar-refractivity contribution is 6.32. The van der Waals surface area contributed by atoms with Crippen LogP contribution >= 0.6 is 11.6 Å². The predicted molar refractivity (Wildman–Crippen MR) is 190 cm³/mol. The fraction of sp³-hybridized carbons (Fsp3) is 0.459.